The highest BCUT2D eigenvalue weighted by Gasteiger charge is 2.33. The number of carbonyl (C=O) groups is 1. The second kappa shape index (κ2) is 7.68. The maximum absolute atomic E-state index is 12.4. The van der Waals surface area contributed by atoms with Gasteiger partial charge in [0.2, 0.25) is 5.91 Å². The van der Waals surface area contributed by atoms with E-state index in [1.807, 2.05) is 6.92 Å². The minimum atomic E-state index is 0.205. The molecule has 0 spiro atoms. The SMILES string of the molecule is Cc1nnc(CN2CCC(N3CCC[C@H](C(=O)NC4CC4)C3)CC2)s1. The average Bonchev–Trinajstić information content (AvgIpc) is 3.35. The topological polar surface area (TPSA) is 61.4 Å². The summed E-state index contributed by atoms with van der Waals surface area (Å²) in [5.74, 6) is 0.507. The smallest absolute Gasteiger partial charge is 0.224 e. The first-order valence-corrected chi connectivity index (χ1v) is 10.5. The first kappa shape index (κ1) is 17.4. The molecule has 2 saturated heterocycles. The molecule has 4 rings (SSSR count). The molecule has 1 aromatic heterocycles. The Bertz CT molecular complexity index is 594. The molecule has 6 nitrogen and oxygen atoms in total. The van der Waals surface area contributed by atoms with E-state index in [-0.39, 0.29) is 5.92 Å². The molecule has 25 heavy (non-hydrogen) atoms. The number of rotatable bonds is 5. The Morgan fingerprint density at radius 1 is 1.16 bits per heavy atom. The third-order valence-corrected chi connectivity index (χ3v) is 6.57. The highest BCUT2D eigenvalue weighted by Crippen LogP contribution is 2.26. The Morgan fingerprint density at radius 2 is 1.96 bits per heavy atom. The minimum absolute atomic E-state index is 0.205. The summed E-state index contributed by atoms with van der Waals surface area (Å²) in [6, 6.07) is 1.12. The Morgan fingerprint density at radius 3 is 2.64 bits per heavy atom. The van der Waals surface area contributed by atoms with E-state index in [0.29, 0.717) is 18.0 Å². The first-order chi connectivity index (χ1) is 12.2. The van der Waals surface area contributed by atoms with Crippen LogP contribution in [0.5, 0.6) is 0 Å². The van der Waals surface area contributed by atoms with E-state index in [4.69, 9.17) is 0 Å². The number of likely N-dealkylation sites (tertiary alicyclic amines) is 2. The van der Waals surface area contributed by atoms with Gasteiger partial charge in [0.25, 0.3) is 0 Å². The molecule has 3 heterocycles. The molecular formula is C18H29N5OS. The highest BCUT2D eigenvalue weighted by molar-refractivity contribution is 7.11. The zero-order valence-corrected chi connectivity index (χ0v) is 15.9. The van der Waals surface area contributed by atoms with Gasteiger partial charge >= 0.3 is 0 Å². The van der Waals surface area contributed by atoms with Gasteiger partial charge in [-0.2, -0.15) is 0 Å². The van der Waals surface area contributed by atoms with E-state index >= 15 is 0 Å². The van der Waals surface area contributed by atoms with E-state index in [2.05, 4.69) is 25.3 Å². The fraction of sp³-hybridized carbons (Fsp3) is 0.833. The second-order valence-electron chi connectivity index (χ2n) is 7.84. The number of nitrogens with one attached hydrogen (secondary N) is 1. The van der Waals surface area contributed by atoms with Gasteiger partial charge in [0.15, 0.2) is 0 Å². The van der Waals surface area contributed by atoms with Crippen molar-refractivity contribution in [1.82, 2.24) is 25.3 Å². The highest BCUT2D eigenvalue weighted by atomic mass is 32.1. The molecule has 1 N–H and O–H groups in total. The number of aryl methyl sites for hydroxylation is 1. The van der Waals surface area contributed by atoms with Crippen LogP contribution in [0, 0.1) is 12.8 Å². The van der Waals surface area contributed by atoms with Crippen molar-refractivity contribution in [2.45, 2.75) is 64.1 Å². The maximum atomic E-state index is 12.4. The summed E-state index contributed by atoms with van der Waals surface area (Å²) >= 11 is 1.70. The summed E-state index contributed by atoms with van der Waals surface area (Å²) in [7, 11) is 0. The van der Waals surface area contributed by atoms with E-state index < -0.39 is 0 Å². The molecule has 3 fully saturated rings. The molecule has 7 heteroatoms. The summed E-state index contributed by atoms with van der Waals surface area (Å²) in [5, 5.41) is 13.7. The Balaban J connectivity index is 1.24. The summed E-state index contributed by atoms with van der Waals surface area (Å²) in [6.45, 7) is 7.31. The maximum Gasteiger partial charge on any atom is 0.224 e. The molecule has 1 aliphatic carbocycles. The number of carbonyl (C=O) groups excluding carboxylic acids is 1. The Kier molecular flexibility index (Phi) is 5.33. The molecule has 0 radical (unpaired) electrons. The number of nitrogens with zero attached hydrogens (tertiary/aromatic N) is 4. The minimum Gasteiger partial charge on any atom is -0.353 e. The molecule has 1 amide bonds. The molecule has 2 aliphatic heterocycles. The number of hydrogen-bond acceptors (Lipinski definition) is 6. The average molecular weight is 364 g/mol. The Hall–Kier alpha value is -1.05. The summed E-state index contributed by atoms with van der Waals surface area (Å²) in [6.07, 6.45) is 6.98. The molecule has 0 unspecified atom stereocenters. The van der Waals surface area contributed by atoms with Gasteiger partial charge in [0.1, 0.15) is 10.0 Å². The van der Waals surface area contributed by atoms with Crippen LogP contribution < -0.4 is 5.32 Å². The van der Waals surface area contributed by atoms with Crippen LogP contribution >= 0.6 is 11.3 Å². The molecule has 1 aromatic rings. The first-order valence-electron chi connectivity index (χ1n) is 9.73. The van der Waals surface area contributed by atoms with Crippen molar-refractivity contribution in [1.29, 1.82) is 0 Å². The van der Waals surface area contributed by atoms with Crippen molar-refractivity contribution < 1.29 is 4.79 Å². The fourth-order valence-electron chi connectivity index (χ4n) is 4.13. The normalized spacial score (nSPS) is 26.7. The number of amides is 1. The van der Waals surface area contributed by atoms with Gasteiger partial charge in [-0.15, -0.1) is 21.5 Å². The van der Waals surface area contributed by atoms with Crippen LogP contribution in [0.1, 0.15) is 48.5 Å². The van der Waals surface area contributed by atoms with Crippen LogP contribution in [-0.2, 0) is 11.3 Å². The van der Waals surface area contributed by atoms with Gasteiger partial charge in [-0.25, -0.2) is 0 Å². The van der Waals surface area contributed by atoms with Crippen LogP contribution in [-0.4, -0.2) is 64.2 Å². The number of aromatic nitrogens is 2. The van der Waals surface area contributed by atoms with Gasteiger partial charge in [-0.1, -0.05) is 0 Å². The van der Waals surface area contributed by atoms with Crippen LogP contribution in [0.4, 0.5) is 0 Å². The van der Waals surface area contributed by atoms with Crippen molar-refractivity contribution in [2.24, 2.45) is 5.92 Å². The van der Waals surface area contributed by atoms with Gasteiger partial charge in [-0.3, -0.25) is 14.6 Å². The quantitative estimate of drug-likeness (QED) is 0.864. The summed E-state index contributed by atoms with van der Waals surface area (Å²) < 4.78 is 0. The van der Waals surface area contributed by atoms with Crippen LogP contribution in [0.15, 0.2) is 0 Å². The standard InChI is InChI=1S/C18H29N5OS/c1-13-20-21-17(25-13)12-22-9-6-16(7-10-22)23-8-2-3-14(11-23)18(24)19-15-4-5-15/h14-16H,2-12H2,1H3,(H,19,24)/t14-/m0/s1. The lowest BCUT2D eigenvalue weighted by Crippen LogP contribution is -2.50. The van der Waals surface area contributed by atoms with Crippen LogP contribution in [0.2, 0.25) is 0 Å². The van der Waals surface area contributed by atoms with Crippen molar-refractivity contribution >= 4 is 17.2 Å². The lowest BCUT2D eigenvalue weighted by Gasteiger charge is -2.41. The fourth-order valence-corrected chi connectivity index (χ4v) is 4.89. The van der Waals surface area contributed by atoms with E-state index in [0.717, 1.165) is 55.6 Å². The zero-order chi connectivity index (χ0) is 17.2. The Labute approximate surface area is 154 Å². The van der Waals surface area contributed by atoms with Gasteiger partial charge in [0, 0.05) is 31.7 Å². The van der Waals surface area contributed by atoms with Crippen molar-refractivity contribution in [2.75, 3.05) is 26.2 Å². The number of piperidine rings is 2. The van der Waals surface area contributed by atoms with E-state index in [1.165, 1.54) is 25.7 Å². The molecule has 1 saturated carbocycles. The molecule has 0 aromatic carbocycles. The molecule has 0 bridgehead atoms. The number of hydrogen-bond donors (Lipinski definition) is 1. The zero-order valence-electron chi connectivity index (χ0n) is 15.1. The van der Waals surface area contributed by atoms with Crippen LogP contribution in [0.25, 0.3) is 0 Å². The van der Waals surface area contributed by atoms with Crippen LogP contribution in [0.3, 0.4) is 0 Å². The van der Waals surface area contributed by atoms with Crippen molar-refractivity contribution in [3.63, 3.8) is 0 Å². The lowest BCUT2D eigenvalue weighted by atomic mass is 9.93. The summed E-state index contributed by atoms with van der Waals surface area (Å²) in [5.41, 5.74) is 0. The summed E-state index contributed by atoms with van der Waals surface area (Å²) in [4.78, 5) is 17.5. The second-order valence-corrected chi connectivity index (χ2v) is 9.11. The van der Waals surface area contributed by atoms with E-state index in [9.17, 15) is 4.79 Å². The molecule has 1 atom stereocenters. The molecule has 138 valence electrons. The van der Waals surface area contributed by atoms with Crippen molar-refractivity contribution in [3.05, 3.63) is 10.0 Å². The largest absolute Gasteiger partial charge is 0.353 e. The van der Waals surface area contributed by atoms with E-state index in [1.54, 1.807) is 11.3 Å². The van der Waals surface area contributed by atoms with Gasteiger partial charge in [0.05, 0.1) is 12.5 Å². The van der Waals surface area contributed by atoms with Crippen molar-refractivity contribution in [3.8, 4) is 0 Å². The van der Waals surface area contributed by atoms with Gasteiger partial charge in [-0.05, 0) is 52.0 Å². The lowest BCUT2D eigenvalue weighted by molar-refractivity contribution is -0.127. The van der Waals surface area contributed by atoms with Gasteiger partial charge < -0.3 is 5.32 Å². The monoisotopic (exact) mass is 363 g/mol. The predicted molar refractivity (Wildman–Crippen MR) is 98.4 cm³/mol. The predicted octanol–water partition coefficient (Wildman–Crippen LogP) is 1.80. The third kappa shape index (κ3) is 4.57. The molecule has 3 aliphatic rings. The third-order valence-electron chi connectivity index (χ3n) is 5.75. The molecular weight excluding hydrogens is 334 g/mol.